The van der Waals surface area contributed by atoms with Gasteiger partial charge in [0.15, 0.2) is 0 Å². The van der Waals surface area contributed by atoms with Crippen molar-refractivity contribution in [3.8, 4) is 5.75 Å². The summed E-state index contributed by atoms with van der Waals surface area (Å²) in [5.74, 6) is -0.456. The number of aryl methyl sites for hydroxylation is 2. The predicted molar refractivity (Wildman–Crippen MR) is 90.9 cm³/mol. The fourth-order valence-corrected chi connectivity index (χ4v) is 3.25. The van der Waals surface area contributed by atoms with Crippen molar-refractivity contribution in [2.24, 2.45) is 0 Å². The average Bonchev–Trinajstić information content (AvgIpc) is 2.53. The van der Waals surface area contributed by atoms with Gasteiger partial charge in [-0.2, -0.15) is 0 Å². The SMILES string of the molecule is COc1ccc(C)cc1NS(=O)(=O)c1ccc(CCC(=O)O)cc1. The lowest BCUT2D eigenvalue weighted by atomic mass is 10.1. The van der Waals surface area contributed by atoms with E-state index < -0.39 is 16.0 Å². The maximum absolute atomic E-state index is 12.5. The number of nitrogens with one attached hydrogen (secondary N) is 1. The predicted octanol–water partition coefficient (Wildman–Crippen LogP) is 2.82. The Morgan fingerprint density at radius 3 is 2.42 bits per heavy atom. The Morgan fingerprint density at radius 2 is 1.83 bits per heavy atom. The topological polar surface area (TPSA) is 92.7 Å². The minimum Gasteiger partial charge on any atom is -0.495 e. The monoisotopic (exact) mass is 349 g/mol. The van der Waals surface area contributed by atoms with Crippen LogP contribution >= 0.6 is 0 Å². The van der Waals surface area contributed by atoms with E-state index >= 15 is 0 Å². The minimum absolute atomic E-state index is 0.00480. The van der Waals surface area contributed by atoms with Crippen LogP contribution in [0, 0.1) is 6.92 Å². The lowest BCUT2D eigenvalue weighted by Crippen LogP contribution is -2.13. The average molecular weight is 349 g/mol. The third-order valence-electron chi connectivity index (χ3n) is 3.46. The van der Waals surface area contributed by atoms with Crippen LogP contribution in [-0.2, 0) is 21.2 Å². The molecule has 128 valence electrons. The third kappa shape index (κ3) is 4.48. The Balaban J connectivity index is 2.21. The second kappa shape index (κ2) is 7.35. The summed E-state index contributed by atoms with van der Waals surface area (Å²) in [4.78, 5) is 10.7. The second-order valence-corrected chi connectivity index (χ2v) is 7.03. The van der Waals surface area contributed by atoms with E-state index in [9.17, 15) is 13.2 Å². The van der Waals surface area contributed by atoms with Gasteiger partial charge >= 0.3 is 5.97 Å². The van der Waals surface area contributed by atoms with Crippen molar-refractivity contribution in [2.45, 2.75) is 24.7 Å². The van der Waals surface area contributed by atoms with Gasteiger partial charge < -0.3 is 9.84 Å². The van der Waals surface area contributed by atoms with Crippen molar-refractivity contribution in [1.82, 2.24) is 0 Å². The molecule has 2 aromatic carbocycles. The molecule has 0 aliphatic rings. The van der Waals surface area contributed by atoms with Gasteiger partial charge in [0.1, 0.15) is 5.75 Å². The molecule has 0 aromatic heterocycles. The van der Waals surface area contributed by atoms with Crippen LogP contribution in [0.4, 0.5) is 5.69 Å². The molecule has 0 fully saturated rings. The van der Waals surface area contributed by atoms with Gasteiger partial charge in [-0.1, -0.05) is 18.2 Å². The van der Waals surface area contributed by atoms with Gasteiger partial charge in [0, 0.05) is 6.42 Å². The summed E-state index contributed by atoms with van der Waals surface area (Å²) in [6, 6.07) is 11.4. The number of carbonyl (C=O) groups is 1. The molecule has 2 N–H and O–H groups in total. The Bertz CT molecular complexity index is 829. The second-order valence-electron chi connectivity index (χ2n) is 5.35. The van der Waals surface area contributed by atoms with Gasteiger partial charge in [-0.05, 0) is 48.7 Å². The number of hydrogen-bond donors (Lipinski definition) is 2. The fraction of sp³-hybridized carbons (Fsp3) is 0.235. The zero-order chi connectivity index (χ0) is 17.7. The van der Waals surface area contributed by atoms with E-state index in [0.29, 0.717) is 17.9 Å². The van der Waals surface area contributed by atoms with Crippen LogP contribution < -0.4 is 9.46 Å². The number of ether oxygens (including phenoxy) is 1. The molecule has 0 aliphatic carbocycles. The van der Waals surface area contributed by atoms with Crippen LogP contribution in [0.25, 0.3) is 0 Å². The number of aliphatic carboxylic acids is 1. The van der Waals surface area contributed by atoms with Crippen molar-refractivity contribution < 1.29 is 23.1 Å². The summed E-state index contributed by atoms with van der Waals surface area (Å²) in [5, 5.41) is 8.68. The molecule has 2 aromatic rings. The standard InChI is InChI=1S/C17H19NO5S/c1-12-3-9-16(23-2)15(11-12)18-24(21,22)14-7-4-13(5-8-14)6-10-17(19)20/h3-5,7-9,11,18H,6,10H2,1-2H3,(H,19,20). The van der Waals surface area contributed by atoms with E-state index in [4.69, 9.17) is 9.84 Å². The molecule has 24 heavy (non-hydrogen) atoms. The summed E-state index contributed by atoms with van der Waals surface area (Å²) in [5.41, 5.74) is 2.04. The molecule has 7 heteroatoms. The van der Waals surface area contributed by atoms with E-state index in [1.807, 2.05) is 13.0 Å². The van der Waals surface area contributed by atoms with Gasteiger partial charge in [0.25, 0.3) is 10.0 Å². The maximum atomic E-state index is 12.5. The van der Waals surface area contributed by atoms with E-state index in [2.05, 4.69) is 4.72 Å². The highest BCUT2D eigenvalue weighted by atomic mass is 32.2. The first kappa shape index (κ1) is 17.8. The lowest BCUT2D eigenvalue weighted by Gasteiger charge is -2.13. The zero-order valence-electron chi connectivity index (χ0n) is 13.4. The molecule has 6 nitrogen and oxygen atoms in total. The Hall–Kier alpha value is -2.54. The first-order valence-electron chi connectivity index (χ1n) is 7.30. The van der Waals surface area contributed by atoms with Crippen molar-refractivity contribution >= 4 is 21.7 Å². The number of sulfonamides is 1. The number of carboxylic acid groups (broad SMARTS) is 1. The molecule has 0 bridgehead atoms. The smallest absolute Gasteiger partial charge is 0.303 e. The van der Waals surface area contributed by atoms with Gasteiger partial charge in [-0.3, -0.25) is 9.52 Å². The zero-order valence-corrected chi connectivity index (χ0v) is 14.3. The largest absolute Gasteiger partial charge is 0.495 e. The molecule has 0 radical (unpaired) electrons. The summed E-state index contributed by atoms with van der Waals surface area (Å²) < 4.78 is 32.7. The molecule has 0 heterocycles. The molecule has 0 spiro atoms. The lowest BCUT2D eigenvalue weighted by molar-refractivity contribution is -0.136. The maximum Gasteiger partial charge on any atom is 0.303 e. The number of rotatable bonds is 7. The molecule has 0 saturated heterocycles. The summed E-state index contributed by atoms with van der Waals surface area (Å²) in [6.07, 6.45) is 0.361. The summed E-state index contributed by atoms with van der Waals surface area (Å²) >= 11 is 0. The number of methoxy groups -OCH3 is 1. The van der Waals surface area contributed by atoms with Crippen LogP contribution in [0.15, 0.2) is 47.4 Å². The molecule has 0 saturated carbocycles. The van der Waals surface area contributed by atoms with E-state index in [1.54, 1.807) is 24.3 Å². The van der Waals surface area contributed by atoms with Crippen LogP contribution in [0.2, 0.25) is 0 Å². The Labute approximate surface area is 141 Å². The summed E-state index contributed by atoms with van der Waals surface area (Å²) in [7, 11) is -2.29. The quantitative estimate of drug-likeness (QED) is 0.802. The minimum atomic E-state index is -3.76. The summed E-state index contributed by atoms with van der Waals surface area (Å²) in [6.45, 7) is 1.86. The van der Waals surface area contributed by atoms with Gasteiger partial charge in [-0.15, -0.1) is 0 Å². The number of hydrogen-bond acceptors (Lipinski definition) is 4. The van der Waals surface area contributed by atoms with Crippen LogP contribution in [-0.4, -0.2) is 26.6 Å². The molecule has 0 unspecified atom stereocenters. The van der Waals surface area contributed by atoms with E-state index in [-0.39, 0.29) is 11.3 Å². The molecule has 0 atom stereocenters. The Morgan fingerprint density at radius 1 is 1.17 bits per heavy atom. The van der Waals surface area contributed by atoms with Crippen molar-refractivity contribution in [3.05, 3.63) is 53.6 Å². The number of anilines is 1. The molecule has 0 amide bonds. The van der Waals surface area contributed by atoms with Crippen molar-refractivity contribution in [1.29, 1.82) is 0 Å². The molecule has 0 aliphatic heterocycles. The van der Waals surface area contributed by atoms with Gasteiger partial charge in [0.2, 0.25) is 0 Å². The van der Waals surface area contributed by atoms with Crippen LogP contribution in [0.5, 0.6) is 5.75 Å². The van der Waals surface area contributed by atoms with Crippen molar-refractivity contribution in [2.75, 3.05) is 11.8 Å². The fourth-order valence-electron chi connectivity index (χ4n) is 2.19. The van der Waals surface area contributed by atoms with Crippen LogP contribution in [0.1, 0.15) is 17.5 Å². The highest BCUT2D eigenvalue weighted by Gasteiger charge is 2.16. The Kier molecular flexibility index (Phi) is 5.46. The third-order valence-corrected chi connectivity index (χ3v) is 4.84. The molecular formula is C17H19NO5S. The first-order chi connectivity index (χ1) is 11.3. The molecular weight excluding hydrogens is 330 g/mol. The van der Waals surface area contributed by atoms with Crippen LogP contribution in [0.3, 0.4) is 0 Å². The highest BCUT2D eigenvalue weighted by Crippen LogP contribution is 2.27. The van der Waals surface area contributed by atoms with Crippen molar-refractivity contribution in [3.63, 3.8) is 0 Å². The van der Waals surface area contributed by atoms with E-state index in [0.717, 1.165) is 11.1 Å². The number of benzene rings is 2. The van der Waals surface area contributed by atoms with Gasteiger partial charge in [0.05, 0.1) is 17.7 Å². The molecule has 2 rings (SSSR count). The first-order valence-corrected chi connectivity index (χ1v) is 8.78. The van der Waals surface area contributed by atoms with E-state index in [1.165, 1.54) is 19.2 Å². The van der Waals surface area contributed by atoms with Gasteiger partial charge in [-0.25, -0.2) is 8.42 Å². The normalized spacial score (nSPS) is 11.1. The highest BCUT2D eigenvalue weighted by molar-refractivity contribution is 7.92. The number of carboxylic acids is 1.